The number of amides is 1. The number of carboxylic acids is 1. The fraction of sp³-hybridized carbons (Fsp3) is 0.467. The van der Waals surface area contributed by atoms with Gasteiger partial charge in [0, 0.05) is 12.5 Å². The maximum absolute atomic E-state index is 11.8. The highest BCUT2D eigenvalue weighted by Gasteiger charge is 2.23. The minimum atomic E-state index is -1.05. The van der Waals surface area contributed by atoms with Crippen LogP contribution in [-0.4, -0.2) is 35.2 Å². The Bertz CT molecular complexity index is 513. The Morgan fingerprint density at radius 3 is 2.48 bits per heavy atom. The normalized spacial score (nSPS) is 12.0. The van der Waals surface area contributed by atoms with Crippen molar-refractivity contribution in [2.24, 2.45) is 5.92 Å². The predicted molar refractivity (Wildman–Crippen MR) is 77.4 cm³/mol. The SMILES string of the molecule is COc1ccc(CCC(=O)NC(C(=O)O)C(C)C)c(O)c1. The first-order valence-corrected chi connectivity index (χ1v) is 6.73. The van der Waals surface area contributed by atoms with Gasteiger partial charge in [-0.05, 0) is 24.0 Å². The Hall–Kier alpha value is -2.24. The van der Waals surface area contributed by atoms with Gasteiger partial charge in [-0.25, -0.2) is 4.79 Å². The summed E-state index contributed by atoms with van der Waals surface area (Å²) in [5, 5.41) is 21.3. The number of aliphatic carboxylic acids is 1. The lowest BCUT2D eigenvalue weighted by Crippen LogP contribution is -2.44. The Labute approximate surface area is 123 Å². The maximum atomic E-state index is 11.8. The number of hydrogen-bond donors (Lipinski definition) is 3. The lowest BCUT2D eigenvalue weighted by molar-refractivity contribution is -0.143. The van der Waals surface area contributed by atoms with Gasteiger partial charge in [-0.15, -0.1) is 0 Å². The van der Waals surface area contributed by atoms with Gasteiger partial charge in [0.15, 0.2) is 0 Å². The molecule has 0 radical (unpaired) electrons. The Kier molecular flexibility index (Phi) is 6.02. The van der Waals surface area contributed by atoms with Crippen molar-refractivity contribution >= 4 is 11.9 Å². The van der Waals surface area contributed by atoms with Gasteiger partial charge in [-0.2, -0.15) is 0 Å². The zero-order chi connectivity index (χ0) is 16.0. The molecule has 21 heavy (non-hydrogen) atoms. The zero-order valence-electron chi connectivity index (χ0n) is 12.4. The van der Waals surface area contributed by atoms with E-state index in [4.69, 9.17) is 9.84 Å². The van der Waals surface area contributed by atoms with Gasteiger partial charge in [0.05, 0.1) is 7.11 Å². The highest BCUT2D eigenvalue weighted by molar-refractivity contribution is 5.83. The van der Waals surface area contributed by atoms with E-state index in [-0.39, 0.29) is 24.0 Å². The molecule has 0 aliphatic rings. The first kappa shape index (κ1) is 16.8. The van der Waals surface area contributed by atoms with Crippen LogP contribution in [0.3, 0.4) is 0 Å². The van der Waals surface area contributed by atoms with Crippen molar-refractivity contribution in [3.05, 3.63) is 23.8 Å². The van der Waals surface area contributed by atoms with E-state index in [1.165, 1.54) is 13.2 Å². The van der Waals surface area contributed by atoms with Crippen LogP contribution < -0.4 is 10.1 Å². The van der Waals surface area contributed by atoms with Gasteiger partial charge in [-0.3, -0.25) is 4.79 Å². The number of methoxy groups -OCH3 is 1. The second kappa shape index (κ2) is 7.52. The van der Waals surface area contributed by atoms with Crippen LogP contribution in [0.2, 0.25) is 0 Å². The van der Waals surface area contributed by atoms with Crippen LogP contribution in [0, 0.1) is 5.92 Å². The number of carboxylic acid groups (broad SMARTS) is 1. The number of carbonyl (C=O) groups excluding carboxylic acids is 1. The lowest BCUT2D eigenvalue weighted by Gasteiger charge is -2.17. The van der Waals surface area contributed by atoms with Crippen LogP contribution in [0.4, 0.5) is 0 Å². The summed E-state index contributed by atoms with van der Waals surface area (Å²) in [6, 6.07) is 3.95. The third kappa shape index (κ3) is 4.98. The molecule has 6 heteroatoms. The molecule has 116 valence electrons. The third-order valence-electron chi connectivity index (χ3n) is 3.16. The summed E-state index contributed by atoms with van der Waals surface area (Å²) in [7, 11) is 1.50. The minimum absolute atomic E-state index is 0.0563. The summed E-state index contributed by atoms with van der Waals surface area (Å²) in [4.78, 5) is 22.8. The quantitative estimate of drug-likeness (QED) is 0.709. The summed E-state index contributed by atoms with van der Waals surface area (Å²) < 4.78 is 4.98. The lowest BCUT2D eigenvalue weighted by atomic mass is 10.0. The first-order valence-electron chi connectivity index (χ1n) is 6.73. The van der Waals surface area contributed by atoms with Crippen molar-refractivity contribution in [3.63, 3.8) is 0 Å². The van der Waals surface area contributed by atoms with Crippen LogP contribution in [0.5, 0.6) is 11.5 Å². The Morgan fingerprint density at radius 2 is 2.00 bits per heavy atom. The molecule has 0 bridgehead atoms. The molecule has 1 aromatic carbocycles. The Balaban J connectivity index is 2.59. The fourth-order valence-corrected chi connectivity index (χ4v) is 1.89. The first-order chi connectivity index (χ1) is 9.85. The molecule has 1 unspecified atom stereocenters. The Morgan fingerprint density at radius 1 is 1.33 bits per heavy atom. The van der Waals surface area contributed by atoms with Crippen LogP contribution in [0.25, 0.3) is 0 Å². The molecule has 1 rings (SSSR count). The molecule has 0 aliphatic carbocycles. The van der Waals surface area contributed by atoms with Gasteiger partial charge >= 0.3 is 5.97 Å². The second-order valence-corrected chi connectivity index (χ2v) is 5.12. The van der Waals surface area contributed by atoms with Crippen LogP contribution >= 0.6 is 0 Å². The molecule has 0 aromatic heterocycles. The maximum Gasteiger partial charge on any atom is 0.326 e. The number of rotatable bonds is 7. The van der Waals surface area contributed by atoms with Crippen LogP contribution in [-0.2, 0) is 16.0 Å². The number of hydrogen-bond acceptors (Lipinski definition) is 4. The molecule has 0 fully saturated rings. The summed E-state index contributed by atoms with van der Waals surface area (Å²) in [5.74, 6) is -1.01. The molecule has 0 heterocycles. The topological polar surface area (TPSA) is 95.9 Å². The summed E-state index contributed by atoms with van der Waals surface area (Å²) >= 11 is 0. The molecular formula is C15H21NO5. The minimum Gasteiger partial charge on any atom is -0.508 e. The molecule has 1 aromatic rings. The van der Waals surface area contributed by atoms with Gasteiger partial charge in [0.25, 0.3) is 0 Å². The van der Waals surface area contributed by atoms with Crippen molar-refractivity contribution in [2.75, 3.05) is 7.11 Å². The monoisotopic (exact) mass is 295 g/mol. The van der Waals surface area contributed by atoms with E-state index in [0.29, 0.717) is 17.7 Å². The summed E-state index contributed by atoms with van der Waals surface area (Å²) in [6.07, 6.45) is 0.433. The van der Waals surface area contributed by atoms with Crippen molar-refractivity contribution < 1.29 is 24.5 Å². The van der Waals surface area contributed by atoms with Crippen molar-refractivity contribution in [1.29, 1.82) is 0 Å². The van der Waals surface area contributed by atoms with E-state index in [1.807, 2.05) is 0 Å². The second-order valence-electron chi connectivity index (χ2n) is 5.12. The van der Waals surface area contributed by atoms with Gasteiger partial charge in [0.1, 0.15) is 17.5 Å². The molecule has 0 saturated heterocycles. The van der Waals surface area contributed by atoms with Crippen molar-refractivity contribution in [1.82, 2.24) is 5.32 Å². The van der Waals surface area contributed by atoms with Crippen molar-refractivity contribution in [2.45, 2.75) is 32.7 Å². The molecule has 0 aliphatic heterocycles. The highest BCUT2D eigenvalue weighted by atomic mass is 16.5. The van der Waals surface area contributed by atoms with E-state index in [1.54, 1.807) is 26.0 Å². The van der Waals surface area contributed by atoms with Gasteiger partial charge in [-0.1, -0.05) is 19.9 Å². The molecule has 6 nitrogen and oxygen atoms in total. The van der Waals surface area contributed by atoms with E-state index < -0.39 is 12.0 Å². The van der Waals surface area contributed by atoms with Gasteiger partial charge < -0.3 is 20.3 Å². The smallest absolute Gasteiger partial charge is 0.326 e. The predicted octanol–water partition coefficient (Wildman–Crippen LogP) is 1.56. The average molecular weight is 295 g/mol. The number of ether oxygens (including phenoxy) is 1. The van der Waals surface area contributed by atoms with Crippen LogP contribution in [0.1, 0.15) is 25.8 Å². The number of phenols is 1. The average Bonchev–Trinajstić information content (AvgIpc) is 2.42. The number of aryl methyl sites for hydroxylation is 1. The van der Waals surface area contributed by atoms with Crippen molar-refractivity contribution in [3.8, 4) is 11.5 Å². The summed E-state index contributed by atoms with van der Waals surface area (Å²) in [5.41, 5.74) is 0.613. The van der Waals surface area contributed by atoms with Crippen LogP contribution in [0.15, 0.2) is 18.2 Å². The molecule has 1 amide bonds. The van der Waals surface area contributed by atoms with E-state index >= 15 is 0 Å². The number of benzene rings is 1. The zero-order valence-corrected chi connectivity index (χ0v) is 12.4. The summed E-state index contributed by atoms with van der Waals surface area (Å²) in [6.45, 7) is 3.46. The number of aromatic hydroxyl groups is 1. The molecule has 0 spiro atoms. The molecule has 3 N–H and O–H groups in total. The highest BCUT2D eigenvalue weighted by Crippen LogP contribution is 2.24. The van der Waals surface area contributed by atoms with Gasteiger partial charge in [0.2, 0.25) is 5.91 Å². The molecule has 1 atom stereocenters. The van der Waals surface area contributed by atoms with E-state index in [0.717, 1.165) is 0 Å². The largest absolute Gasteiger partial charge is 0.508 e. The molecule has 0 saturated carbocycles. The number of nitrogens with one attached hydrogen (secondary N) is 1. The van der Waals surface area contributed by atoms with E-state index in [2.05, 4.69) is 5.32 Å². The number of carbonyl (C=O) groups is 2. The fourth-order valence-electron chi connectivity index (χ4n) is 1.89. The molecular weight excluding hydrogens is 274 g/mol. The number of phenolic OH excluding ortho intramolecular Hbond substituents is 1. The standard InChI is InChI=1S/C15H21NO5/c1-9(2)14(15(19)20)16-13(18)7-5-10-4-6-11(21-3)8-12(10)17/h4,6,8-9,14,17H,5,7H2,1-3H3,(H,16,18)(H,19,20). The third-order valence-corrected chi connectivity index (χ3v) is 3.16. The van der Waals surface area contributed by atoms with E-state index in [9.17, 15) is 14.7 Å².